The lowest BCUT2D eigenvalue weighted by Gasteiger charge is -2.19. The molecule has 188 valence electrons. The van der Waals surface area contributed by atoms with Crippen molar-refractivity contribution in [1.82, 2.24) is 0 Å². The van der Waals surface area contributed by atoms with Crippen molar-refractivity contribution in [2.24, 2.45) is 16.5 Å². The second-order valence-electron chi connectivity index (χ2n) is 8.66. The van der Waals surface area contributed by atoms with Gasteiger partial charge in [0, 0.05) is 11.6 Å². The first kappa shape index (κ1) is 28.3. The van der Waals surface area contributed by atoms with Crippen LogP contribution in [0.5, 0.6) is 5.75 Å². The first-order chi connectivity index (χ1) is 16.9. The van der Waals surface area contributed by atoms with Crippen LogP contribution in [-0.4, -0.2) is 18.6 Å². The van der Waals surface area contributed by atoms with Gasteiger partial charge in [0.2, 0.25) is 0 Å². The van der Waals surface area contributed by atoms with Gasteiger partial charge in [0.1, 0.15) is 5.75 Å². The second-order valence-corrected chi connectivity index (χ2v) is 9.10. The van der Waals surface area contributed by atoms with Gasteiger partial charge in [-0.1, -0.05) is 80.0 Å². The third-order valence-electron chi connectivity index (χ3n) is 5.85. The van der Waals surface area contributed by atoms with Crippen molar-refractivity contribution in [3.63, 3.8) is 0 Å². The first-order valence-electron chi connectivity index (χ1n) is 12.5. The lowest BCUT2D eigenvalue weighted by Crippen LogP contribution is -2.23. The van der Waals surface area contributed by atoms with Crippen molar-refractivity contribution in [3.05, 3.63) is 100 Å². The summed E-state index contributed by atoms with van der Waals surface area (Å²) < 4.78 is 6.18. The van der Waals surface area contributed by atoms with Crippen LogP contribution in [-0.2, 0) is 19.3 Å². The number of benzene rings is 3. The monoisotopic (exact) mass is 493 g/mol. The molecule has 0 saturated carbocycles. The van der Waals surface area contributed by atoms with E-state index in [1.54, 1.807) is 0 Å². The van der Waals surface area contributed by atoms with Crippen molar-refractivity contribution >= 4 is 17.6 Å². The molecule has 1 unspecified atom stereocenters. The van der Waals surface area contributed by atoms with Crippen molar-refractivity contribution in [2.75, 3.05) is 6.54 Å². The highest BCUT2D eigenvalue weighted by Crippen LogP contribution is 2.21. The fourth-order valence-electron chi connectivity index (χ4n) is 3.69. The number of guanidine groups is 1. The number of halogens is 1. The van der Waals surface area contributed by atoms with Gasteiger partial charge < -0.3 is 16.2 Å². The molecule has 0 radical (unpaired) electrons. The summed E-state index contributed by atoms with van der Waals surface area (Å²) in [7, 11) is 0. The number of ether oxygens (including phenoxy) is 1. The zero-order valence-electron chi connectivity index (χ0n) is 21.3. The molecule has 3 aromatic rings. The molecule has 4 nitrogen and oxygen atoms in total. The van der Waals surface area contributed by atoms with Crippen molar-refractivity contribution in [2.45, 2.75) is 65.4 Å². The van der Waals surface area contributed by atoms with Gasteiger partial charge in [0.15, 0.2) is 5.96 Å². The molecule has 0 fully saturated rings. The standard InChI is InChI=1S/C22H31N3O.C8H9Cl/c1-3-20(26-21-10-5-4-7-17(21)2)9-6-8-18-11-13-19(14-12-18)15-16-25-22(23)24;1-2-7-4-3-5-8(9)6-7/h4-5,7,10-14,20H,3,6,8-9,15-16H2,1-2H3,(H4,23,24,25);3-6H,2H2,1H3. The maximum atomic E-state index is 6.18. The Morgan fingerprint density at radius 3 is 2.14 bits per heavy atom. The molecule has 0 aliphatic carbocycles. The summed E-state index contributed by atoms with van der Waals surface area (Å²) in [6, 6.07) is 24.9. The van der Waals surface area contributed by atoms with Crippen LogP contribution in [0.15, 0.2) is 77.8 Å². The average molecular weight is 494 g/mol. The molecule has 0 amide bonds. The number of aliphatic imine (C=N–C) groups is 1. The molecule has 35 heavy (non-hydrogen) atoms. The topological polar surface area (TPSA) is 73.6 Å². The highest BCUT2D eigenvalue weighted by molar-refractivity contribution is 6.30. The number of rotatable bonds is 11. The van der Waals surface area contributed by atoms with E-state index < -0.39 is 0 Å². The molecule has 4 N–H and O–H groups in total. The van der Waals surface area contributed by atoms with E-state index in [1.807, 2.05) is 30.3 Å². The number of para-hydroxylation sites is 1. The van der Waals surface area contributed by atoms with Gasteiger partial charge in [-0.3, -0.25) is 4.99 Å². The molecule has 0 heterocycles. The highest BCUT2D eigenvalue weighted by atomic mass is 35.5. The number of hydrogen-bond donors (Lipinski definition) is 2. The Balaban J connectivity index is 0.000000402. The van der Waals surface area contributed by atoms with Gasteiger partial charge in [-0.15, -0.1) is 0 Å². The first-order valence-corrected chi connectivity index (χ1v) is 12.9. The fraction of sp³-hybridized carbons (Fsp3) is 0.367. The summed E-state index contributed by atoms with van der Waals surface area (Å²) in [6.07, 6.45) is 6.48. The molecule has 0 aliphatic heterocycles. The summed E-state index contributed by atoms with van der Waals surface area (Å²) >= 11 is 5.72. The minimum Gasteiger partial charge on any atom is -0.490 e. The van der Waals surface area contributed by atoms with E-state index in [1.165, 1.54) is 22.3 Å². The Kier molecular flexibility index (Phi) is 12.8. The third-order valence-corrected chi connectivity index (χ3v) is 6.08. The molecule has 0 bridgehead atoms. The molecule has 0 aromatic heterocycles. The minimum atomic E-state index is 0.153. The molecular formula is C30H40ClN3O. The van der Waals surface area contributed by atoms with E-state index in [0.29, 0.717) is 6.54 Å². The summed E-state index contributed by atoms with van der Waals surface area (Å²) in [5, 5.41) is 0.828. The zero-order chi connectivity index (χ0) is 25.5. The van der Waals surface area contributed by atoms with Crippen molar-refractivity contribution in [3.8, 4) is 5.75 Å². The van der Waals surface area contributed by atoms with Crippen LogP contribution in [0, 0.1) is 6.92 Å². The Hall–Kier alpha value is -2.98. The number of nitrogens with zero attached hydrogens (tertiary/aromatic N) is 1. The average Bonchev–Trinajstić information content (AvgIpc) is 2.85. The van der Waals surface area contributed by atoms with Crippen LogP contribution >= 0.6 is 11.6 Å². The summed E-state index contributed by atoms with van der Waals surface area (Å²) in [4.78, 5) is 4.02. The predicted octanol–water partition coefficient (Wildman–Crippen LogP) is 6.89. The molecule has 5 heteroatoms. The highest BCUT2D eigenvalue weighted by Gasteiger charge is 2.09. The maximum Gasteiger partial charge on any atom is 0.185 e. The Bertz CT molecular complexity index is 1030. The molecule has 0 aliphatic rings. The SMILES string of the molecule is CCC(CCCc1ccc(CCN=C(N)N)cc1)Oc1ccccc1C.CCc1cccc(Cl)c1. The van der Waals surface area contributed by atoms with E-state index in [4.69, 9.17) is 27.8 Å². The fourth-order valence-corrected chi connectivity index (χ4v) is 3.90. The lowest BCUT2D eigenvalue weighted by molar-refractivity contribution is 0.183. The zero-order valence-corrected chi connectivity index (χ0v) is 22.1. The van der Waals surface area contributed by atoms with Crippen LogP contribution in [0.25, 0.3) is 0 Å². The second kappa shape index (κ2) is 15.8. The molecule has 0 spiro atoms. The molecule has 3 rings (SSSR count). The summed E-state index contributed by atoms with van der Waals surface area (Å²) in [5.74, 6) is 1.16. The van der Waals surface area contributed by atoms with Gasteiger partial charge in [-0.2, -0.15) is 0 Å². The Labute approximate surface area is 216 Å². The molecule has 1 atom stereocenters. The summed E-state index contributed by atoms with van der Waals surface area (Å²) in [6.45, 7) is 7.03. The van der Waals surface area contributed by atoms with E-state index in [0.717, 1.165) is 49.3 Å². The number of hydrogen-bond acceptors (Lipinski definition) is 2. The normalized spacial score (nSPS) is 11.2. The van der Waals surface area contributed by atoms with Crippen LogP contribution in [0.1, 0.15) is 55.4 Å². The minimum absolute atomic E-state index is 0.153. The van der Waals surface area contributed by atoms with Crippen LogP contribution in [0.3, 0.4) is 0 Å². The van der Waals surface area contributed by atoms with Gasteiger partial charge in [0.25, 0.3) is 0 Å². The Morgan fingerprint density at radius 1 is 0.886 bits per heavy atom. The van der Waals surface area contributed by atoms with E-state index in [2.05, 4.69) is 68.2 Å². The van der Waals surface area contributed by atoms with Crippen molar-refractivity contribution < 1.29 is 4.74 Å². The summed E-state index contributed by atoms with van der Waals surface area (Å²) in [5.41, 5.74) is 15.8. The van der Waals surface area contributed by atoms with Gasteiger partial charge in [0.05, 0.1) is 6.10 Å². The lowest BCUT2D eigenvalue weighted by atomic mass is 10.0. The van der Waals surface area contributed by atoms with Gasteiger partial charge in [-0.05, 0) is 85.9 Å². The van der Waals surface area contributed by atoms with Gasteiger partial charge in [-0.25, -0.2) is 0 Å². The van der Waals surface area contributed by atoms with Crippen LogP contribution < -0.4 is 16.2 Å². The van der Waals surface area contributed by atoms with E-state index >= 15 is 0 Å². The molecule has 0 saturated heterocycles. The van der Waals surface area contributed by atoms with Crippen LogP contribution in [0.2, 0.25) is 5.02 Å². The number of nitrogens with two attached hydrogens (primary N) is 2. The van der Waals surface area contributed by atoms with E-state index in [-0.39, 0.29) is 12.1 Å². The van der Waals surface area contributed by atoms with Crippen LogP contribution in [0.4, 0.5) is 0 Å². The van der Waals surface area contributed by atoms with Gasteiger partial charge >= 0.3 is 0 Å². The van der Waals surface area contributed by atoms with E-state index in [9.17, 15) is 0 Å². The predicted molar refractivity (Wildman–Crippen MR) is 150 cm³/mol. The quantitative estimate of drug-likeness (QED) is 0.225. The smallest absolute Gasteiger partial charge is 0.185 e. The van der Waals surface area contributed by atoms with Crippen molar-refractivity contribution in [1.29, 1.82) is 0 Å². The molecule has 3 aromatic carbocycles. The third kappa shape index (κ3) is 11.3. The Morgan fingerprint density at radius 2 is 1.57 bits per heavy atom. The largest absolute Gasteiger partial charge is 0.490 e. The molecular weight excluding hydrogens is 454 g/mol. The maximum absolute atomic E-state index is 6.18. The number of aryl methyl sites for hydroxylation is 3.